The lowest BCUT2D eigenvalue weighted by atomic mass is 10.0. The number of hydrogen-bond acceptors (Lipinski definition) is 7. The van der Waals surface area contributed by atoms with Crippen LogP contribution < -0.4 is 5.73 Å². The van der Waals surface area contributed by atoms with Crippen LogP contribution in [-0.4, -0.2) is 43.3 Å². The predicted molar refractivity (Wildman–Crippen MR) is 228 cm³/mol. The molecule has 0 fully saturated rings. The van der Waals surface area contributed by atoms with Crippen LogP contribution in [-0.2, 0) is 27.9 Å². The molecule has 0 bridgehead atoms. The number of hydrogen-bond donors (Lipinski definition) is 2. The first-order chi connectivity index (χ1) is 26.4. The number of phosphoric ester groups is 1. The van der Waals surface area contributed by atoms with Gasteiger partial charge in [-0.2, -0.15) is 0 Å². The van der Waals surface area contributed by atoms with Crippen LogP contribution in [0.5, 0.6) is 0 Å². The van der Waals surface area contributed by atoms with Crippen LogP contribution in [0.25, 0.3) is 0 Å². The molecule has 312 valence electrons. The molecule has 0 saturated heterocycles. The molecule has 0 saturated carbocycles. The van der Waals surface area contributed by atoms with Gasteiger partial charge in [-0.3, -0.25) is 13.8 Å². The van der Waals surface area contributed by atoms with Gasteiger partial charge in [0.2, 0.25) is 0 Å². The van der Waals surface area contributed by atoms with Gasteiger partial charge in [-0.25, -0.2) is 4.57 Å². The quantitative estimate of drug-likeness (QED) is 0.0208. The number of carbonyl (C=O) groups is 1. The maximum atomic E-state index is 12.5. The largest absolute Gasteiger partial charge is 0.498 e. The lowest BCUT2D eigenvalue weighted by Crippen LogP contribution is -2.27. The predicted octanol–water partition coefficient (Wildman–Crippen LogP) is 13.1. The van der Waals surface area contributed by atoms with E-state index < -0.39 is 19.9 Å². The molecule has 0 spiro atoms. The van der Waals surface area contributed by atoms with Gasteiger partial charge < -0.3 is 20.1 Å². The van der Waals surface area contributed by atoms with Crippen molar-refractivity contribution in [2.75, 3.05) is 26.4 Å². The lowest BCUT2D eigenvalue weighted by molar-refractivity contribution is -0.153. The van der Waals surface area contributed by atoms with Crippen molar-refractivity contribution in [3.63, 3.8) is 0 Å². The maximum absolute atomic E-state index is 12.5. The van der Waals surface area contributed by atoms with Gasteiger partial charge in [-0.1, -0.05) is 171 Å². The second kappa shape index (κ2) is 41.9. The molecule has 0 rings (SSSR count). The van der Waals surface area contributed by atoms with Gasteiger partial charge in [0.05, 0.1) is 19.5 Å². The highest BCUT2D eigenvalue weighted by atomic mass is 31.2. The Kier molecular flexibility index (Phi) is 40.2. The Morgan fingerprint density at radius 1 is 0.593 bits per heavy atom. The van der Waals surface area contributed by atoms with E-state index in [1.807, 2.05) is 6.08 Å². The smallest absolute Gasteiger partial charge is 0.472 e. The van der Waals surface area contributed by atoms with Crippen LogP contribution in [0.4, 0.5) is 0 Å². The molecule has 0 aliphatic rings. The Hall–Kier alpha value is -2.22. The molecule has 2 atom stereocenters. The Morgan fingerprint density at radius 3 is 1.56 bits per heavy atom. The van der Waals surface area contributed by atoms with E-state index in [0.29, 0.717) is 6.42 Å². The van der Waals surface area contributed by atoms with E-state index >= 15 is 0 Å². The van der Waals surface area contributed by atoms with Crippen LogP contribution in [0.3, 0.4) is 0 Å². The van der Waals surface area contributed by atoms with E-state index in [9.17, 15) is 14.3 Å². The molecule has 0 aromatic heterocycles. The molecule has 0 aromatic carbocycles. The summed E-state index contributed by atoms with van der Waals surface area (Å²) < 4.78 is 33.1. The van der Waals surface area contributed by atoms with Crippen molar-refractivity contribution in [3.05, 3.63) is 73.1 Å². The Balaban J connectivity index is 4.18. The van der Waals surface area contributed by atoms with Crippen LogP contribution in [0.15, 0.2) is 73.1 Å². The number of rotatable bonds is 40. The molecular weight excluding hydrogens is 697 g/mol. The summed E-state index contributed by atoms with van der Waals surface area (Å²) in [7, 11) is -4.31. The zero-order valence-corrected chi connectivity index (χ0v) is 35.3. The van der Waals surface area contributed by atoms with Crippen LogP contribution in [0.2, 0.25) is 0 Å². The van der Waals surface area contributed by atoms with Gasteiger partial charge >= 0.3 is 13.8 Å². The van der Waals surface area contributed by atoms with E-state index in [-0.39, 0.29) is 32.8 Å². The number of nitrogens with two attached hydrogens (primary N) is 1. The van der Waals surface area contributed by atoms with Crippen LogP contribution in [0, 0.1) is 0 Å². The summed E-state index contributed by atoms with van der Waals surface area (Å²) in [6.45, 7) is 4.06. The van der Waals surface area contributed by atoms with Gasteiger partial charge in [0, 0.05) is 13.0 Å². The monoisotopic (exact) mass is 778 g/mol. The average Bonchev–Trinajstić information content (AvgIpc) is 3.16. The molecule has 9 heteroatoms. The summed E-state index contributed by atoms with van der Waals surface area (Å²) >= 11 is 0. The molecule has 3 N–H and O–H groups in total. The van der Waals surface area contributed by atoms with Crippen molar-refractivity contribution < 1.29 is 32.8 Å². The van der Waals surface area contributed by atoms with E-state index in [4.69, 9.17) is 24.3 Å². The minimum absolute atomic E-state index is 0.00680. The molecule has 54 heavy (non-hydrogen) atoms. The first-order valence-electron chi connectivity index (χ1n) is 21.5. The van der Waals surface area contributed by atoms with Crippen LogP contribution in [0.1, 0.15) is 174 Å². The number of allylic oxidation sites excluding steroid dienone is 11. The fourth-order valence-corrected chi connectivity index (χ4v) is 6.35. The van der Waals surface area contributed by atoms with E-state index in [1.165, 1.54) is 96.3 Å². The summed E-state index contributed by atoms with van der Waals surface area (Å²) in [5, 5.41) is 0. The zero-order chi connectivity index (χ0) is 39.5. The number of unbranched alkanes of at least 4 members (excludes halogenated alkanes) is 17. The number of esters is 1. The zero-order valence-electron chi connectivity index (χ0n) is 34.4. The third-order valence-corrected chi connectivity index (χ3v) is 9.69. The summed E-state index contributed by atoms with van der Waals surface area (Å²) in [4.78, 5) is 22.4. The van der Waals surface area contributed by atoms with Gasteiger partial charge in [0.15, 0.2) is 6.10 Å². The fourth-order valence-electron chi connectivity index (χ4n) is 5.59. The first-order valence-corrected chi connectivity index (χ1v) is 23.0. The molecule has 0 aromatic rings. The molecule has 0 aliphatic heterocycles. The summed E-state index contributed by atoms with van der Waals surface area (Å²) in [5.74, 6) is -0.410. The first kappa shape index (κ1) is 51.8. The Morgan fingerprint density at radius 2 is 1.06 bits per heavy atom. The van der Waals surface area contributed by atoms with E-state index in [1.54, 1.807) is 6.26 Å². The fraction of sp³-hybridized carbons (Fsp3) is 0.711. The highest BCUT2D eigenvalue weighted by Crippen LogP contribution is 2.43. The highest BCUT2D eigenvalue weighted by molar-refractivity contribution is 7.47. The summed E-state index contributed by atoms with van der Waals surface area (Å²) in [6, 6.07) is 0. The Bertz CT molecular complexity index is 1050. The number of phosphoric acid groups is 1. The van der Waals surface area contributed by atoms with E-state index in [2.05, 4.69) is 74.6 Å². The third-order valence-electron chi connectivity index (χ3n) is 8.70. The molecule has 0 aliphatic carbocycles. The Labute approximate surface area is 331 Å². The number of ether oxygens (including phenoxy) is 2. The third kappa shape index (κ3) is 41.0. The molecule has 8 nitrogen and oxygen atoms in total. The van der Waals surface area contributed by atoms with Crippen molar-refractivity contribution >= 4 is 13.8 Å². The standard InChI is InChI=1S/C45H80NO7P/c1-3-5-7-9-11-13-15-17-19-21-23-25-27-29-31-33-35-37-40-50-42-44(43-52-54(48,49)51-41-39-46)53-45(47)38-36-34-32-30-28-26-24-22-20-18-16-14-12-10-8-6-4-2/h6,8,12,14,18,20,24,26,30,32,37,40,44H,3-5,7,9-11,13,15-17,19,21-23,25,27-29,31,33-36,38-39,41-43,46H2,1-2H3,(H,48,49)/b8-6-,14-12-,20-18-,26-24-,32-30-,40-37-/t44-/m1/s1. The normalized spacial score (nSPS) is 14.1. The molecule has 1 unspecified atom stereocenters. The SMILES string of the molecule is CC/C=C\C/C=C\C/C=C\C/C=C\C/C=C\CCCC(=O)O[C@H](CO/C=C\CCCCCCCCCCCCCCCCCC)COP(=O)(O)OCCN. The molecular formula is C45H80NO7P. The van der Waals surface area contributed by atoms with Gasteiger partial charge in [0.25, 0.3) is 0 Å². The highest BCUT2D eigenvalue weighted by Gasteiger charge is 2.25. The minimum Gasteiger partial charge on any atom is -0.498 e. The van der Waals surface area contributed by atoms with Gasteiger partial charge in [-0.15, -0.1) is 0 Å². The molecule has 0 radical (unpaired) electrons. The van der Waals surface area contributed by atoms with Gasteiger partial charge in [0.1, 0.15) is 6.61 Å². The minimum atomic E-state index is -4.31. The van der Waals surface area contributed by atoms with Crippen molar-refractivity contribution in [1.29, 1.82) is 0 Å². The van der Waals surface area contributed by atoms with Crippen molar-refractivity contribution in [2.24, 2.45) is 5.73 Å². The topological polar surface area (TPSA) is 117 Å². The molecule has 0 amide bonds. The average molecular weight is 778 g/mol. The molecule has 0 heterocycles. The van der Waals surface area contributed by atoms with E-state index in [0.717, 1.165) is 51.4 Å². The second-order valence-corrected chi connectivity index (χ2v) is 15.3. The van der Waals surface area contributed by atoms with Crippen molar-refractivity contribution in [1.82, 2.24) is 0 Å². The summed E-state index contributed by atoms with van der Waals surface area (Å²) in [6.07, 6.45) is 53.1. The second-order valence-electron chi connectivity index (χ2n) is 13.9. The maximum Gasteiger partial charge on any atom is 0.472 e. The van der Waals surface area contributed by atoms with Crippen LogP contribution >= 0.6 is 7.82 Å². The lowest BCUT2D eigenvalue weighted by Gasteiger charge is -2.19. The van der Waals surface area contributed by atoms with Gasteiger partial charge in [-0.05, 0) is 63.9 Å². The van der Waals surface area contributed by atoms with Crippen molar-refractivity contribution in [3.8, 4) is 0 Å². The number of carbonyl (C=O) groups excluding carboxylic acids is 1. The summed E-state index contributed by atoms with van der Waals surface area (Å²) in [5.41, 5.74) is 5.36. The van der Waals surface area contributed by atoms with Crippen molar-refractivity contribution in [2.45, 2.75) is 180 Å².